The predicted molar refractivity (Wildman–Crippen MR) is 70.4 cm³/mol. The molecule has 1 fully saturated rings. The third-order valence-corrected chi connectivity index (χ3v) is 3.30. The highest BCUT2D eigenvalue weighted by Gasteiger charge is 2.32. The van der Waals surface area contributed by atoms with Gasteiger partial charge in [0.1, 0.15) is 5.82 Å². The van der Waals surface area contributed by atoms with Crippen LogP contribution in [0.1, 0.15) is 24.5 Å². The molecule has 5 heteroatoms. The Balaban J connectivity index is 2.18. The van der Waals surface area contributed by atoms with Gasteiger partial charge in [-0.25, -0.2) is 9.97 Å². The number of nitrogens with zero attached hydrogens (tertiary/aromatic N) is 3. The van der Waals surface area contributed by atoms with Crippen molar-refractivity contribution in [3.63, 3.8) is 0 Å². The van der Waals surface area contributed by atoms with E-state index in [1.54, 1.807) is 0 Å². The molecule has 2 rings (SSSR count). The van der Waals surface area contributed by atoms with Gasteiger partial charge >= 0.3 is 0 Å². The van der Waals surface area contributed by atoms with Gasteiger partial charge < -0.3 is 10.1 Å². The normalized spacial score (nSPS) is 25.3. The molecule has 1 aliphatic rings. The lowest BCUT2D eigenvalue weighted by atomic mass is 10.0. The lowest BCUT2D eigenvalue weighted by Gasteiger charge is -2.38. The Morgan fingerprint density at radius 1 is 1.56 bits per heavy atom. The van der Waals surface area contributed by atoms with Crippen LogP contribution in [0.4, 0.5) is 0 Å². The Morgan fingerprint density at radius 2 is 2.39 bits per heavy atom. The quantitative estimate of drug-likeness (QED) is 0.855. The van der Waals surface area contributed by atoms with Gasteiger partial charge in [0, 0.05) is 19.3 Å². The maximum atomic E-state index is 5.89. The molecule has 0 spiro atoms. The summed E-state index contributed by atoms with van der Waals surface area (Å²) in [7, 11) is 2.13. The first-order valence-electron chi connectivity index (χ1n) is 6.54. The van der Waals surface area contributed by atoms with Crippen LogP contribution >= 0.6 is 0 Å². The fourth-order valence-corrected chi connectivity index (χ4v) is 2.37. The Morgan fingerprint density at radius 3 is 3.11 bits per heavy atom. The summed E-state index contributed by atoms with van der Waals surface area (Å²) in [5.74, 6) is 0.814. The van der Waals surface area contributed by atoms with Gasteiger partial charge in [-0.1, -0.05) is 6.92 Å². The SMILES string of the molecule is CCNCC1OCCN(C)C1c1ccnc(C)n1. The Hall–Kier alpha value is -1.04. The van der Waals surface area contributed by atoms with Crippen LogP contribution in [0.2, 0.25) is 0 Å². The summed E-state index contributed by atoms with van der Waals surface area (Å²) in [5, 5.41) is 3.36. The van der Waals surface area contributed by atoms with Gasteiger partial charge in [0.25, 0.3) is 0 Å². The van der Waals surface area contributed by atoms with Crippen LogP contribution in [0, 0.1) is 6.92 Å². The van der Waals surface area contributed by atoms with Gasteiger partial charge in [0.05, 0.1) is 24.4 Å². The van der Waals surface area contributed by atoms with E-state index in [-0.39, 0.29) is 12.1 Å². The Labute approximate surface area is 109 Å². The molecule has 1 N–H and O–H groups in total. The van der Waals surface area contributed by atoms with Crippen LogP contribution in [0.25, 0.3) is 0 Å². The standard InChI is InChI=1S/C13H22N4O/c1-4-14-9-12-13(17(3)7-8-18-12)11-5-6-15-10(2)16-11/h5-6,12-14H,4,7-9H2,1-3H3. The highest BCUT2D eigenvalue weighted by Crippen LogP contribution is 2.26. The van der Waals surface area contributed by atoms with Gasteiger partial charge in [0.15, 0.2) is 0 Å². The van der Waals surface area contributed by atoms with Crippen LogP contribution in [-0.2, 0) is 4.74 Å². The molecule has 0 amide bonds. The highest BCUT2D eigenvalue weighted by atomic mass is 16.5. The summed E-state index contributed by atoms with van der Waals surface area (Å²) in [5.41, 5.74) is 1.05. The number of rotatable bonds is 4. The molecule has 18 heavy (non-hydrogen) atoms. The van der Waals surface area contributed by atoms with E-state index in [2.05, 4.69) is 34.2 Å². The molecule has 1 saturated heterocycles. The van der Waals surface area contributed by atoms with Crippen molar-refractivity contribution in [1.29, 1.82) is 0 Å². The van der Waals surface area contributed by atoms with Crippen LogP contribution in [0.15, 0.2) is 12.3 Å². The van der Waals surface area contributed by atoms with Gasteiger partial charge in [-0.3, -0.25) is 4.90 Å². The van der Waals surface area contributed by atoms with E-state index < -0.39 is 0 Å². The zero-order chi connectivity index (χ0) is 13.0. The number of hydrogen-bond acceptors (Lipinski definition) is 5. The Kier molecular flexibility index (Phi) is 4.63. The fourth-order valence-electron chi connectivity index (χ4n) is 2.37. The first-order valence-corrected chi connectivity index (χ1v) is 6.54. The maximum absolute atomic E-state index is 5.89. The minimum absolute atomic E-state index is 0.151. The second-order valence-corrected chi connectivity index (χ2v) is 4.67. The molecule has 2 heterocycles. The molecule has 2 atom stereocenters. The van der Waals surface area contributed by atoms with E-state index in [4.69, 9.17) is 4.74 Å². The molecule has 0 aromatic carbocycles. The number of aryl methyl sites for hydroxylation is 1. The van der Waals surface area contributed by atoms with Crippen LogP contribution in [0.3, 0.4) is 0 Å². The van der Waals surface area contributed by atoms with E-state index in [9.17, 15) is 0 Å². The van der Waals surface area contributed by atoms with Crippen molar-refractivity contribution in [3.8, 4) is 0 Å². The molecular formula is C13H22N4O. The van der Waals surface area contributed by atoms with Gasteiger partial charge in [0.2, 0.25) is 0 Å². The molecule has 1 aromatic rings. The first-order chi connectivity index (χ1) is 8.72. The molecule has 0 saturated carbocycles. The third-order valence-electron chi connectivity index (χ3n) is 3.30. The zero-order valence-corrected chi connectivity index (χ0v) is 11.4. The number of ether oxygens (including phenoxy) is 1. The molecule has 1 aliphatic heterocycles. The fraction of sp³-hybridized carbons (Fsp3) is 0.692. The number of morpholine rings is 1. The lowest BCUT2D eigenvalue weighted by molar-refractivity contribution is -0.0625. The van der Waals surface area contributed by atoms with Crippen LogP contribution in [-0.4, -0.2) is 54.3 Å². The summed E-state index contributed by atoms with van der Waals surface area (Å²) in [4.78, 5) is 11.0. The molecule has 5 nitrogen and oxygen atoms in total. The van der Waals surface area contributed by atoms with E-state index in [0.717, 1.165) is 37.8 Å². The second-order valence-electron chi connectivity index (χ2n) is 4.67. The van der Waals surface area contributed by atoms with Crippen LogP contribution in [0.5, 0.6) is 0 Å². The van der Waals surface area contributed by atoms with Crippen molar-refractivity contribution in [3.05, 3.63) is 23.8 Å². The summed E-state index contributed by atoms with van der Waals surface area (Å²) < 4.78 is 5.89. The summed E-state index contributed by atoms with van der Waals surface area (Å²) in [6, 6.07) is 2.20. The predicted octanol–water partition coefficient (Wildman–Crippen LogP) is 0.766. The van der Waals surface area contributed by atoms with Crippen molar-refractivity contribution in [2.24, 2.45) is 0 Å². The number of nitrogens with one attached hydrogen (secondary N) is 1. The van der Waals surface area contributed by atoms with Crippen molar-refractivity contribution in [1.82, 2.24) is 20.2 Å². The lowest BCUT2D eigenvalue weighted by Crippen LogP contribution is -2.47. The summed E-state index contributed by atoms with van der Waals surface area (Å²) in [6.07, 6.45) is 1.97. The van der Waals surface area contributed by atoms with Crippen molar-refractivity contribution in [2.45, 2.75) is 26.0 Å². The monoisotopic (exact) mass is 250 g/mol. The minimum atomic E-state index is 0.151. The van der Waals surface area contributed by atoms with Crippen molar-refractivity contribution in [2.75, 3.05) is 33.3 Å². The topological polar surface area (TPSA) is 50.3 Å². The number of aromatic nitrogens is 2. The summed E-state index contributed by atoms with van der Waals surface area (Å²) >= 11 is 0. The second kappa shape index (κ2) is 6.22. The van der Waals surface area contributed by atoms with Crippen LogP contribution < -0.4 is 5.32 Å². The smallest absolute Gasteiger partial charge is 0.125 e. The van der Waals surface area contributed by atoms with Gasteiger partial charge in [-0.2, -0.15) is 0 Å². The molecule has 1 aromatic heterocycles. The van der Waals surface area contributed by atoms with Gasteiger partial charge in [-0.15, -0.1) is 0 Å². The average molecular weight is 250 g/mol. The van der Waals surface area contributed by atoms with Crippen molar-refractivity contribution >= 4 is 0 Å². The molecule has 0 bridgehead atoms. The van der Waals surface area contributed by atoms with Crippen molar-refractivity contribution < 1.29 is 4.74 Å². The van der Waals surface area contributed by atoms with E-state index in [1.165, 1.54) is 0 Å². The van der Waals surface area contributed by atoms with Gasteiger partial charge in [-0.05, 0) is 26.6 Å². The molecule has 0 aliphatic carbocycles. The third kappa shape index (κ3) is 3.04. The average Bonchev–Trinajstić information content (AvgIpc) is 2.36. The molecule has 100 valence electrons. The number of likely N-dealkylation sites (N-methyl/N-ethyl adjacent to an activating group) is 2. The van der Waals surface area contributed by atoms with E-state index in [1.807, 2.05) is 19.2 Å². The largest absolute Gasteiger partial charge is 0.374 e. The molecule has 0 radical (unpaired) electrons. The molecule has 2 unspecified atom stereocenters. The zero-order valence-electron chi connectivity index (χ0n) is 11.4. The number of hydrogen-bond donors (Lipinski definition) is 1. The van der Waals surface area contributed by atoms with E-state index >= 15 is 0 Å². The Bertz CT molecular complexity index is 385. The minimum Gasteiger partial charge on any atom is -0.374 e. The highest BCUT2D eigenvalue weighted by molar-refractivity contribution is 5.11. The summed E-state index contributed by atoms with van der Waals surface area (Å²) in [6.45, 7) is 7.57. The molecular weight excluding hydrogens is 228 g/mol. The maximum Gasteiger partial charge on any atom is 0.125 e. The first kappa shape index (κ1) is 13.4. The van der Waals surface area contributed by atoms with E-state index in [0.29, 0.717) is 0 Å².